The van der Waals surface area contributed by atoms with Gasteiger partial charge in [0.15, 0.2) is 0 Å². The summed E-state index contributed by atoms with van der Waals surface area (Å²) in [7, 11) is 3.79. The highest BCUT2D eigenvalue weighted by molar-refractivity contribution is 6.47. The topological polar surface area (TPSA) is 76.6 Å². The summed E-state index contributed by atoms with van der Waals surface area (Å²) < 4.78 is 0. The number of nitrogens with zero attached hydrogens (tertiary/aromatic N) is 2. The van der Waals surface area contributed by atoms with Gasteiger partial charge in [-0.25, -0.2) is 0 Å². The van der Waals surface area contributed by atoms with E-state index < -0.39 is 17.7 Å². The van der Waals surface area contributed by atoms with Gasteiger partial charge < -0.3 is 19.9 Å². The fourth-order valence-corrected chi connectivity index (χ4v) is 4.16. The molecule has 2 heterocycles. The van der Waals surface area contributed by atoms with Crippen molar-refractivity contribution >= 4 is 51.6 Å². The molecule has 31 heavy (non-hydrogen) atoms. The number of likely N-dealkylation sites (tertiary alicyclic amines) is 1. The van der Waals surface area contributed by atoms with E-state index in [4.69, 9.17) is 23.2 Å². The molecule has 0 radical (unpaired) electrons. The third-order valence-electron chi connectivity index (χ3n) is 5.44. The van der Waals surface area contributed by atoms with Crippen molar-refractivity contribution in [3.63, 3.8) is 0 Å². The van der Waals surface area contributed by atoms with Gasteiger partial charge in [0.05, 0.1) is 21.7 Å². The minimum atomic E-state index is -0.731. The van der Waals surface area contributed by atoms with E-state index in [1.807, 2.05) is 43.3 Å². The molecule has 3 aromatic rings. The summed E-state index contributed by atoms with van der Waals surface area (Å²) in [5.41, 5.74) is 1.98. The largest absolute Gasteiger partial charge is 0.507 e. The number of hydrogen-bond acceptors (Lipinski definition) is 4. The smallest absolute Gasteiger partial charge is 0.295 e. The molecule has 0 aliphatic carbocycles. The second-order valence-corrected chi connectivity index (χ2v) is 8.53. The van der Waals surface area contributed by atoms with E-state index in [0.717, 1.165) is 16.5 Å². The number of amides is 1. The average Bonchev–Trinajstić information content (AvgIpc) is 3.27. The van der Waals surface area contributed by atoms with E-state index in [1.54, 1.807) is 18.3 Å². The van der Waals surface area contributed by atoms with E-state index in [2.05, 4.69) is 4.98 Å². The lowest BCUT2D eigenvalue weighted by Gasteiger charge is -2.26. The first kappa shape index (κ1) is 21.4. The van der Waals surface area contributed by atoms with Crippen LogP contribution in [0.2, 0.25) is 10.0 Å². The maximum atomic E-state index is 13.1. The monoisotopic (exact) mass is 457 g/mol. The summed E-state index contributed by atoms with van der Waals surface area (Å²) in [5.74, 6) is -1.64. The van der Waals surface area contributed by atoms with Gasteiger partial charge >= 0.3 is 0 Å². The van der Waals surface area contributed by atoms with Crippen molar-refractivity contribution in [1.29, 1.82) is 0 Å². The zero-order chi connectivity index (χ0) is 22.3. The van der Waals surface area contributed by atoms with Crippen molar-refractivity contribution in [2.24, 2.45) is 0 Å². The number of aliphatic hydroxyl groups excluding tert-OH is 1. The second kappa shape index (κ2) is 8.38. The van der Waals surface area contributed by atoms with Crippen LogP contribution in [0.1, 0.15) is 17.2 Å². The highest BCUT2D eigenvalue weighted by Crippen LogP contribution is 2.42. The van der Waals surface area contributed by atoms with Crippen molar-refractivity contribution in [3.8, 4) is 0 Å². The standard InChI is InChI=1S/C23H21Cl2N3O3/c1-27(2)9-10-28-20(15-12-26-18-6-4-3-5-14(15)18)19(22(30)23(28)31)21(29)13-7-8-16(24)17(25)11-13/h3-8,11-12,20,26,29H,9-10H2,1-2H3/b21-19+. The van der Waals surface area contributed by atoms with E-state index in [9.17, 15) is 14.7 Å². The Bertz CT molecular complexity index is 1220. The fourth-order valence-electron chi connectivity index (χ4n) is 3.86. The van der Waals surface area contributed by atoms with Gasteiger partial charge in [-0.1, -0.05) is 41.4 Å². The Kier molecular flexibility index (Phi) is 5.79. The van der Waals surface area contributed by atoms with Crippen molar-refractivity contribution in [1.82, 2.24) is 14.8 Å². The molecular weight excluding hydrogens is 437 g/mol. The van der Waals surface area contributed by atoms with Gasteiger partial charge in [0.25, 0.3) is 11.7 Å². The third kappa shape index (κ3) is 3.83. The Morgan fingerprint density at radius 3 is 2.58 bits per heavy atom. The van der Waals surface area contributed by atoms with Crippen molar-refractivity contribution in [3.05, 3.63) is 75.4 Å². The first-order valence-electron chi connectivity index (χ1n) is 9.74. The lowest BCUT2D eigenvalue weighted by molar-refractivity contribution is -0.140. The normalized spacial score (nSPS) is 18.5. The van der Waals surface area contributed by atoms with Crippen LogP contribution in [0.25, 0.3) is 16.7 Å². The Hall–Kier alpha value is -2.80. The molecule has 1 aliphatic heterocycles. The van der Waals surface area contributed by atoms with Crippen LogP contribution in [-0.2, 0) is 9.59 Å². The van der Waals surface area contributed by atoms with Crippen LogP contribution < -0.4 is 0 Å². The van der Waals surface area contributed by atoms with Crippen molar-refractivity contribution in [2.45, 2.75) is 6.04 Å². The van der Waals surface area contributed by atoms with E-state index >= 15 is 0 Å². The molecule has 1 saturated heterocycles. The van der Waals surface area contributed by atoms with Gasteiger partial charge in [-0.2, -0.15) is 0 Å². The lowest BCUT2D eigenvalue weighted by Crippen LogP contribution is -2.35. The Morgan fingerprint density at radius 1 is 1.13 bits per heavy atom. The molecule has 8 heteroatoms. The molecule has 1 aliphatic rings. The summed E-state index contributed by atoms with van der Waals surface area (Å²) in [6.45, 7) is 0.901. The number of rotatable bonds is 5. The average molecular weight is 458 g/mol. The number of carbonyl (C=O) groups excluding carboxylic acids is 2. The number of likely N-dealkylation sites (N-methyl/N-ethyl adjacent to an activating group) is 1. The number of carbonyl (C=O) groups is 2. The van der Waals surface area contributed by atoms with Crippen LogP contribution in [0.5, 0.6) is 0 Å². The number of aromatic nitrogens is 1. The van der Waals surface area contributed by atoms with Gasteiger partial charge in [-0.05, 0) is 38.4 Å². The summed E-state index contributed by atoms with van der Waals surface area (Å²) in [6.07, 6.45) is 1.78. The van der Waals surface area contributed by atoms with Gasteiger partial charge in [0, 0.05) is 41.3 Å². The molecule has 2 aromatic carbocycles. The minimum absolute atomic E-state index is 0.0342. The Labute approximate surface area is 189 Å². The van der Waals surface area contributed by atoms with E-state index in [-0.39, 0.29) is 16.4 Å². The van der Waals surface area contributed by atoms with Crippen LogP contribution >= 0.6 is 23.2 Å². The van der Waals surface area contributed by atoms with Gasteiger partial charge in [-0.15, -0.1) is 0 Å². The number of aromatic amines is 1. The molecule has 4 rings (SSSR count). The van der Waals surface area contributed by atoms with Crippen LogP contribution in [-0.4, -0.2) is 58.8 Å². The van der Waals surface area contributed by atoms with Gasteiger partial charge in [-0.3, -0.25) is 9.59 Å². The number of hydrogen-bond donors (Lipinski definition) is 2. The number of ketones is 1. The first-order valence-corrected chi connectivity index (χ1v) is 10.5. The zero-order valence-corrected chi connectivity index (χ0v) is 18.5. The molecule has 1 aromatic heterocycles. The summed E-state index contributed by atoms with van der Waals surface area (Å²) in [4.78, 5) is 32.7. The van der Waals surface area contributed by atoms with E-state index in [0.29, 0.717) is 23.7 Å². The number of para-hydroxylation sites is 1. The highest BCUT2D eigenvalue weighted by Gasteiger charge is 2.46. The Morgan fingerprint density at radius 2 is 1.87 bits per heavy atom. The van der Waals surface area contributed by atoms with Crippen LogP contribution in [0.15, 0.2) is 54.2 Å². The third-order valence-corrected chi connectivity index (χ3v) is 6.18. The van der Waals surface area contributed by atoms with Gasteiger partial charge in [0.2, 0.25) is 0 Å². The predicted octanol–water partition coefficient (Wildman–Crippen LogP) is 4.46. The van der Waals surface area contributed by atoms with Crippen LogP contribution in [0.3, 0.4) is 0 Å². The molecule has 0 bridgehead atoms. The summed E-state index contributed by atoms with van der Waals surface area (Å²) >= 11 is 12.1. The number of benzene rings is 2. The minimum Gasteiger partial charge on any atom is -0.507 e. The first-order chi connectivity index (χ1) is 14.8. The van der Waals surface area contributed by atoms with Crippen molar-refractivity contribution in [2.75, 3.05) is 27.2 Å². The highest BCUT2D eigenvalue weighted by atomic mass is 35.5. The maximum Gasteiger partial charge on any atom is 0.295 e. The van der Waals surface area contributed by atoms with E-state index in [1.165, 1.54) is 11.0 Å². The summed E-state index contributed by atoms with van der Waals surface area (Å²) in [5, 5.41) is 12.6. The van der Waals surface area contributed by atoms with Crippen LogP contribution in [0.4, 0.5) is 0 Å². The fraction of sp³-hybridized carbons (Fsp3) is 0.217. The summed E-state index contributed by atoms with van der Waals surface area (Å²) in [6, 6.07) is 11.5. The SMILES string of the molecule is CN(C)CCN1C(=O)C(=O)/C(=C(/O)c2ccc(Cl)c(Cl)c2)C1c1c[nH]c2ccccc12. The van der Waals surface area contributed by atoms with Gasteiger partial charge in [0.1, 0.15) is 5.76 Å². The number of nitrogens with one attached hydrogen (secondary N) is 1. The Balaban J connectivity index is 1.92. The number of aliphatic hydroxyl groups is 1. The molecule has 1 atom stereocenters. The quantitative estimate of drug-likeness (QED) is 0.336. The molecule has 1 unspecified atom stereocenters. The maximum absolute atomic E-state index is 13.1. The molecule has 1 amide bonds. The molecule has 0 saturated carbocycles. The molecule has 160 valence electrons. The molecule has 1 fully saturated rings. The number of H-pyrrole nitrogens is 1. The number of Topliss-reactive ketones (excluding diaryl/α,β-unsaturated/α-hetero) is 1. The molecule has 0 spiro atoms. The molecule has 2 N–H and O–H groups in total. The lowest BCUT2D eigenvalue weighted by atomic mass is 9.95. The number of halogens is 2. The molecular formula is C23H21Cl2N3O3. The second-order valence-electron chi connectivity index (χ2n) is 7.71. The van der Waals surface area contributed by atoms with Crippen molar-refractivity contribution < 1.29 is 14.7 Å². The zero-order valence-electron chi connectivity index (χ0n) is 17.0. The number of fused-ring (bicyclic) bond motifs is 1. The molecule has 6 nitrogen and oxygen atoms in total. The van der Waals surface area contributed by atoms with Crippen LogP contribution in [0, 0.1) is 0 Å². The predicted molar refractivity (Wildman–Crippen MR) is 122 cm³/mol.